The lowest BCUT2D eigenvalue weighted by molar-refractivity contribution is 0.254. The van der Waals surface area contributed by atoms with Crippen molar-refractivity contribution in [3.8, 4) is 0 Å². The molecule has 0 heterocycles. The Bertz CT molecular complexity index is 466. The van der Waals surface area contributed by atoms with Gasteiger partial charge in [0, 0.05) is 12.1 Å². The van der Waals surface area contributed by atoms with E-state index in [4.69, 9.17) is 5.11 Å². The van der Waals surface area contributed by atoms with Gasteiger partial charge in [0.25, 0.3) is 0 Å². The summed E-state index contributed by atoms with van der Waals surface area (Å²) in [7, 11) is -4.02. The van der Waals surface area contributed by atoms with Gasteiger partial charge >= 0.3 is 0 Å². The Morgan fingerprint density at radius 2 is 1.82 bits per heavy atom. The van der Waals surface area contributed by atoms with Crippen LogP contribution in [0.4, 0.5) is 8.78 Å². The number of benzene rings is 1. The predicted octanol–water partition coefficient (Wildman–Crippen LogP) is 1.01. The van der Waals surface area contributed by atoms with Crippen LogP contribution in [0.1, 0.15) is 13.3 Å². The monoisotopic (exact) mass is 265 g/mol. The fraction of sp³-hybridized carbons (Fsp3) is 0.400. The molecule has 0 aliphatic rings. The molecule has 1 atom stereocenters. The van der Waals surface area contributed by atoms with Gasteiger partial charge in [0.2, 0.25) is 10.0 Å². The van der Waals surface area contributed by atoms with Crippen molar-refractivity contribution in [2.75, 3.05) is 6.61 Å². The van der Waals surface area contributed by atoms with Crippen molar-refractivity contribution in [3.05, 3.63) is 29.8 Å². The molecule has 0 saturated heterocycles. The highest BCUT2D eigenvalue weighted by atomic mass is 32.2. The quantitative estimate of drug-likeness (QED) is 0.835. The summed E-state index contributed by atoms with van der Waals surface area (Å²) < 4.78 is 51.3. The number of aliphatic hydroxyl groups is 1. The molecule has 0 spiro atoms. The van der Waals surface area contributed by atoms with Crippen LogP contribution in [0.2, 0.25) is 0 Å². The second kappa shape index (κ2) is 5.52. The lowest BCUT2D eigenvalue weighted by atomic mass is 10.3. The van der Waals surface area contributed by atoms with Gasteiger partial charge in [-0.2, -0.15) is 0 Å². The summed E-state index contributed by atoms with van der Waals surface area (Å²) in [5.41, 5.74) is 0. The van der Waals surface area contributed by atoms with Crippen LogP contribution < -0.4 is 4.72 Å². The highest BCUT2D eigenvalue weighted by molar-refractivity contribution is 7.89. The van der Waals surface area contributed by atoms with Crippen molar-refractivity contribution in [2.24, 2.45) is 0 Å². The normalized spacial score (nSPS) is 13.6. The fourth-order valence-corrected chi connectivity index (χ4v) is 2.57. The molecule has 0 unspecified atom stereocenters. The third kappa shape index (κ3) is 3.72. The number of sulfonamides is 1. The zero-order valence-electron chi connectivity index (χ0n) is 9.15. The Morgan fingerprint density at radius 1 is 1.29 bits per heavy atom. The van der Waals surface area contributed by atoms with E-state index in [9.17, 15) is 17.2 Å². The van der Waals surface area contributed by atoms with Crippen LogP contribution in [0.15, 0.2) is 23.1 Å². The lowest BCUT2D eigenvalue weighted by Crippen LogP contribution is -2.36. The SMILES string of the molecule is CC[C@H](CO)NS(=O)(=O)c1cc(F)cc(F)c1. The van der Waals surface area contributed by atoms with Gasteiger partial charge in [-0.1, -0.05) is 6.92 Å². The first kappa shape index (κ1) is 14.0. The number of rotatable bonds is 5. The van der Waals surface area contributed by atoms with Gasteiger partial charge in [0.1, 0.15) is 11.6 Å². The number of halogens is 2. The summed E-state index contributed by atoms with van der Waals surface area (Å²) in [5.74, 6) is -1.94. The Hall–Kier alpha value is -1.05. The topological polar surface area (TPSA) is 66.4 Å². The van der Waals surface area contributed by atoms with Crippen molar-refractivity contribution in [1.82, 2.24) is 4.72 Å². The highest BCUT2D eigenvalue weighted by Gasteiger charge is 2.20. The van der Waals surface area contributed by atoms with E-state index in [2.05, 4.69) is 4.72 Å². The van der Waals surface area contributed by atoms with Crippen molar-refractivity contribution >= 4 is 10.0 Å². The first-order chi connectivity index (χ1) is 7.89. The maximum Gasteiger partial charge on any atom is 0.241 e. The van der Waals surface area contributed by atoms with E-state index in [1.54, 1.807) is 6.92 Å². The van der Waals surface area contributed by atoms with Crippen LogP contribution in [0.25, 0.3) is 0 Å². The van der Waals surface area contributed by atoms with E-state index in [1.807, 2.05) is 0 Å². The van der Waals surface area contributed by atoms with Crippen molar-refractivity contribution in [2.45, 2.75) is 24.3 Å². The summed E-state index contributed by atoms with van der Waals surface area (Å²) in [6.07, 6.45) is 0.369. The van der Waals surface area contributed by atoms with Crippen LogP contribution in [-0.2, 0) is 10.0 Å². The minimum atomic E-state index is -4.02. The zero-order valence-corrected chi connectivity index (χ0v) is 9.97. The molecule has 7 heteroatoms. The van der Waals surface area contributed by atoms with Gasteiger partial charge in [-0.3, -0.25) is 0 Å². The minimum Gasteiger partial charge on any atom is -0.395 e. The zero-order chi connectivity index (χ0) is 13.1. The summed E-state index contributed by atoms with van der Waals surface area (Å²) in [6, 6.07) is 1.35. The van der Waals surface area contributed by atoms with E-state index in [-0.39, 0.29) is 6.61 Å². The van der Waals surface area contributed by atoms with Gasteiger partial charge in [-0.15, -0.1) is 0 Å². The maximum absolute atomic E-state index is 12.9. The van der Waals surface area contributed by atoms with Gasteiger partial charge < -0.3 is 5.11 Å². The first-order valence-corrected chi connectivity index (χ1v) is 6.46. The van der Waals surface area contributed by atoms with Crippen LogP contribution >= 0.6 is 0 Å². The number of hydrogen-bond donors (Lipinski definition) is 2. The van der Waals surface area contributed by atoms with E-state index in [1.165, 1.54) is 0 Å². The second-order valence-corrected chi connectivity index (χ2v) is 5.23. The third-order valence-electron chi connectivity index (χ3n) is 2.18. The largest absolute Gasteiger partial charge is 0.395 e. The van der Waals surface area contributed by atoms with Crippen LogP contribution in [-0.4, -0.2) is 26.2 Å². The van der Waals surface area contributed by atoms with Crippen LogP contribution in [0, 0.1) is 11.6 Å². The fourth-order valence-electron chi connectivity index (χ4n) is 1.22. The number of hydrogen-bond acceptors (Lipinski definition) is 3. The number of aliphatic hydroxyl groups excluding tert-OH is 1. The molecule has 1 rings (SSSR count). The smallest absolute Gasteiger partial charge is 0.241 e. The molecule has 1 aromatic rings. The Balaban J connectivity index is 3.04. The molecule has 96 valence electrons. The summed E-state index contributed by atoms with van der Waals surface area (Å²) in [6.45, 7) is 1.29. The average molecular weight is 265 g/mol. The molecule has 2 N–H and O–H groups in total. The molecular weight excluding hydrogens is 252 g/mol. The molecule has 4 nitrogen and oxygen atoms in total. The van der Waals surface area contributed by atoms with Gasteiger partial charge in [0.05, 0.1) is 11.5 Å². The van der Waals surface area contributed by atoms with Crippen LogP contribution in [0.5, 0.6) is 0 Å². The first-order valence-electron chi connectivity index (χ1n) is 4.98. The standard InChI is InChI=1S/C10H13F2NO3S/c1-2-9(6-14)13-17(15,16)10-4-7(11)3-8(12)5-10/h3-5,9,13-14H,2,6H2,1H3/t9-/m1/s1. The van der Waals surface area contributed by atoms with Crippen molar-refractivity contribution in [3.63, 3.8) is 0 Å². The Kier molecular flexibility index (Phi) is 4.55. The second-order valence-electron chi connectivity index (χ2n) is 3.51. The molecule has 17 heavy (non-hydrogen) atoms. The summed E-state index contributed by atoms with van der Waals surface area (Å²) in [4.78, 5) is -0.498. The molecule has 0 aliphatic carbocycles. The minimum absolute atomic E-state index is 0.369. The third-order valence-corrected chi connectivity index (χ3v) is 3.68. The van der Waals surface area contributed by atoms with E-state index >= 15 is 0 Å². The molecule has 0 saturated carbocycles. The van der Waals surface area contributed by atoms with Crippen molar-refractivity contribution < 1.29 is 22.3 Å². The highest BCUT2D eigenvalue weighted by Crippen LogP contribution is 2.14. The lowest BCUT2D eigenvalue weighted by Gasteiger charge is -2.14. The molecule has 0 aromatic heterocycles. The van der Waals surface area contributed by atoms with Gasteiger partial charge in [0.15, 0.2) is 0 Å². The molecule has 0 amide bonds. The Labute approximate surface area is 98.3 Å². The molecule has 0 radical (unpaired) electrons. The van der Waals surface area contributed by atoms with E-state index < -0.39 is 32.6 Å². The summed E-state index contributed by atoms with van der Waals surface area (Å²) >= 11 is 0. The van der Waals surface area contributed by atoms with E-state index in [0.717, 1.165) is 12.1 Å². The van der Waals surface area contributed by atoms with Crippen LogP contribution in [0.3, 0.4) is 0 Å². The molecular formula is C10H13F2NO3S. The molecule has 0 aliphatic heterocycles. The molecule has 1 aromatic carbocycles. The Morgan fingerprint density at radius 3 is 2.24 bits per heavy atom. The molecule has 0 bridgehead atoms. The predicted molar refractivity (Wildman–Crippen MR) is 57.8 cm³/mol. The van der Waals surface area contributed by atoms with Gasteiger partial charge in [-0.05, 0) is 18.6 Å². The van der Waals surface area contributed by atoms with Crippen molar-refractivity contribution in [1.29, 1.82) is 0 Å². The summed E-state index contributed by atoms with van der Waals surface area (Å²) in [5, 5.41) is 8.87. The number of nitrogens with one attached hydrogen (secondary N) is 1. The van der Waals surface area contributed by atoms with Gasteiger partial charge in [-0.25, -0.2) is 21.9 Å². The molecule has 0 fully saturated rings. The maximum atomic E-state index is 12.9. The average Bonchev–Trinajstić information content (AvgIpc) is 2.24. The van der Waals surface area contributed by atoms with E-state index in [0.29, 0.717) is 12.5 Å².